The number of aliphatic carboxylic acids is 2. The van der Waals surface area contributed by atoms with Crippen LogP contribution < -0.4 is 10.5 Å². The Hall–Kier alpha value is -4.11. The van der Waals surface area contributed by atoms with Crippen molar-refractivity contribution in [3.8, 4) is 5.75 Å². The smallest absolute Gasteiger partial charge is 0.490 e. The summed E-state index contributed by atoms with van der Waals surface area (Å²) in [6.07, 6.45) is -4.89. The fraction of sp³-hybridized carbons (Fsp3) is 0.308. The number of nitrogens with two attached hydrogens (primary N) is 1. The standard InChI is InChI=1S/C22H22ClN3O2.2C2HF3O2/c23-18-4-1-15(2-5-18)21(24)22(27)26-11-8-19(9-12-26)28-20-6-3-17-14-25-10-7-16(17)13-20;2*3-2(4,5)1(6)7/h1-7,10,13-14,19,21H,8-9,11-12,24H2;2*(H,6,7). The normalized spacial score (nSPS) is 14.5. The van der Waals surface area contributed by atoms with Gasteiger partial charge in [-0.05, 0) is 47.3 Å². The first-order valence-electron chi connectivity index (χ1n) is 11.9. The van der Waals surface area contributed by atoms with E-state index in [1.807, 2.05) is 35.4 Å². The third kappa shape index (κ3) is 10.7. The fourth-order valence-corrected chi connectivity index (χ4v) is 3.66. The number of likely N-dealkylation sites (tertiary alicyclic amines) is 1. The maximum atomic E-state index is 12.7. The molecular formula is C26H24ClF6N3O6. The highest BCUT2D eigenvalue weighted by atomic mass is 35.5. The molecule has 0 bridgehead atoms. The molecule has 0 radical (unpaired) electrons. The van der Waals surface area contributed by atoms with E-state index in [9.17, 15) is 31.1 Å². The number of ether oxygens (including phenoxy) is 1. The van der Waals surface area contributed by atoms with Gasteiger partial charge in [0, 0.05) is 48.7 Å². The Morgan fingerprint density at radius 3 is 1.93 bits per heavy atom. The van der Waals surface area contributed by atoms with E-state index in [0.717, 1.165) is 34.9 Å². The molecule has 1 unspecified atom stereocenters. The Kier molecular flexibility index (Phi) is 11.9. The molecule has 1 atom stereocenters. The minimum Gasteiger partial charge on any atom is -0.490 e. The summed E-state index contributed by atoms with van der Waals surface area (Å²) in [6.45, 7) is 1.28. The quantitative estimate of drug-likeness (QED) is 0.336. The molecule has 1 amide bonds. The number of rotatable bonds is 4. The number of carbonyl (C=O) groups excluding carboxylic acids is 1. The lowest BCUT2D eigenvalue weighted by Crippen LogP contribution is -2.45. The van der Waals surface area contributed by atoms with Gasteiger partial charge in [0.2, 0.25) is 5.91 Å². The Bertz CT molecular complexity index is 1340. The van der Waals surface area contributed by atoms with Crippen molar-refractivity contribution >= 4 is 40.2 Å². The minimum atomic E-state index is -5.08. The molecule has 1 aliphatic rings. The number of carbonyl (C=O) groups is 3. The van der Waals surface area contributed by atoms with Crippen molar-refractivity contribution in [1.82, 2.24) is 9.88 Å². The molecule has 0 saturated carbocycles. The van der Waals surface area contributed by atoms with Gasteiger partial charge in [-0.2, -0.15) is 26.3 Å². The molecule has 3 aromatic rings. The van der Waals surface area contributed by atoms with E-state index in [1.165, 1.54) is 0 Å². The van der Waals surface area contributed by atoms with Crippen LogP contribution in [0.1, 0.15) is 24.4 Å². The van der Waals surface area contributed by atoms with E-state index < -0.39 is 30.3 Å². The van der Waals surface area contributed by atoms with Crippen LogP contribution in [0, 0.1) is 0 Å². The van der Waals surface area contributed by atoms with E-state index in [0.29, 0.717) is 18.1 Å². The average Bonchev–Trinajstić information content (AvgIpc) is 2.93. The molecule has 4 rings (SSSR count). The summed E-state index contributed by atoms with van der Waals surface area (Å²) in [5.41, 5.74) is 6.94. The molecule has 2 aromatic carbocycles. The predicted octanol–water partition coefficient (Wildman–Crippen LogP) is 5.22. The van der Waals surface area contributed by atoms with Gasteiger partial charge >= 0.3 is 24.3 Å². The number of piperidine rings is 1. The third-order valence-corrected chi connectivity index (χ3v) is 5.90. The molecule has 0 aliphatic carbocycles. The number of fused-ring (bicyclic) bond motifs is 1. The second-order valence-electron chi connectivity index (χ2n) is 8.66. The summed E-state index contributed by atoms with van der Waals surface area (Å²) in [5.74, 6) is -4.72. The van der Waals surface area contributed by atoms with Gasteiger partial charge in [0.25, 0.3) is 0 Å². The molecular weight excluding hydrogens is 600 g/mol. The van der Waals surface area contributed by atoms with Gasteiger partial charge in [-0.15, -0.1) is 0 Å². The molecule has 1 saturated heterocycles. The number of nitrogens with zero attached hydrogens (tertiary/aromatic N) is 2. The highest BCUT2D eigenvalue weighted by Gasteiger charge is 2.39. The van der Waals surface area contributed by atoms with Gasteiger partial charge in [-0.25, -0.2) is 9.59 Å². The van der Waals surface area contributed by atoms with Crippen molar-refractivity contribution in [2.45, 2.75) is 37.3 Å². The number of hydrogen-bond acceptors (Lipinski definition) is 6. The summed E-state index contributed by atoms with van der Waals surface area (Å²) in [7, 11) is 0. The first-order valence-corrected chi connectivity index (χ1v) is 12.3. The molecule has 42 heavy (non-hydrogen) atoms. The van der Waals surface area contributed by atoms with Crippen molar-refractivity contribution in [3.63, 3.8) is 0 Å². The molecule has 1 aromatic heterocycles. The SMILES string of the molecule is NC(C(=O)N1CCC(Oc2ccc3cnccc3c2)CC1)c1ccc(Cl)cc1.O=C(O)C(F)(F)F.O=C(O)C(F)(F)F. The number of hydrogen-bond donors (Lipinski definition) is 3. The Morgan fingerprint density at radius 1 is 0.905 bits per heavy atom. The van der Waals surface area contributed by atoms with Crippen LogP contribution in [-0.4, -0.2) is 69.5 Å². The second kappa shape index (κ2) is 14.7. The van der Waals surface area contributed by atoms with Crippen molar-refractivity contribution in [2.75, 3.05) is 13.1 Å². The van der Waals surface area contributed by atoms with E-state index in [-0.39, 0.29) is 12.0 Å². The van der Waals surface area contributed by atoms with Gasteiger partial charge in [0.05, 0.1) is 0 Å². The van der Waals surface area contributed by atoms with Crippen LogP contribution in [0.2, 0.25) is 5.02 Å². The van der Waals surface area contributed by atoms with E-state index in [2.05, 4.69) is 4.98 Å². The Balaban J connectivity index is 0.000000367. The van der Waals surface area contributed by atoms with Gasteiger partial charge in [0.1, 0.15) is 17.9 Å². The first-order chi connectivity index (χ1) is 19.5. The first kappa shape index (κ1) is 34.1. The van der Waals surface area contributed by atoms with Crippen molar-refractivity contribution in [1.29, 1.82) is 0 Å². The molecule has 2 heterocycles. The largest absolute Gasteiger partial charge is 0.490 e. The fourth-order valence-electron chi connectivity index (χ4n) is 3.53. The van der Waals surface area contributed by atoms with Gasteiger partial charge < -0.3 is 25.6 Å². The van der Waals surface area contributed by atoms with Crippen molar-refractivity contribution in [3.05, 3.63) is 71.5 Å². The van der Waals surface area contributed by atoms with Crippen LogP contribution in [-0.2, 0) is 14.4 Å². The molecule has 1 aliphatic heterocycles. The molecule has 1 fully saturated rings. The molecule has 228 valence electrons. The predicted molar refractivity (Wildman–Crippen MR) is 138 cm³/mol. The lowest BCUT2D eigenvalue weighted by molar-refractivity contribution is -0.193. The van der Waals surface area contributed by atoms with E-state index in [1.54, 1.807) is 30.5 Å². The van der Waals surface area contributed by atoms with Crippen molar-refractivity contribution < 1.29 is 55.7 Å². The molecule has 0 spiro atoms. The summed E-state index contributed by atoms with van der Waals surface area (Å²) in [5, 5.41) is 17.1. The van der Waals surface area contributed by atoms with E-state index >= 15 is 0 Å². The zero-order valence-corrected chi connectivity index (χ0v) is 22.2. The highest BCUT2D eigenvalue weighted by Crippen LogP contribution is 2.25. The number of pyridine rings is 1. The second-order valence-corrected chi connectivity index (χ2v) is 9.10. The van der Waals surface area contributed by atoms with Gasteiger partial charge in [0.15, 0.2) is 0 Å². The van der Waals surface area contributed by atoms with E-state index in [4.69, 9.17) is 41.9 Å². The lowest BCUT2D eigenvalue weighted by Gasteiger charge is -2.33. The minimum absolute atomic E-state index is 0.0565. The molecule has 4 N–H and O–H groups in total. The number of alkyl halides is 6. The lowest BCUT2D eigenvalue weighted by atomic mass is 10.0. The van der Waals surface area contributed by atoms with Crippen LogP contribution in [0.25, 0.3) is 10.8 Å². The summed E-state index contributed by atoms with van der Waals surface area (Å²) >= 11 is 5.91. The van der Waals surface area contributed by atoms with Crippen LogP contribution >= 0.6 is 11.6 Å². The van der Waals surface area contributed by atoms with Crippen LogP contribution in [0.15, 0.2) is 60.9 Å². The molecule has 16 heteroatoms. The summed E-state index contributed by atoms with van der Waals surface area (Å²) in [4.78, 5) is 36.5. The number of benzene rings is 2. The zero-order valence-electron chi connectivity index (χ0n) is 21.4. The average molecular weight is 624 g/mol. The zero-order chi connectivity index (χ0) is 31.7. The van der Waals surface area contributed by atoms with Crippen LogP contribution in [0.5, 0.6) is 5.75 Å². The number of carboxylic acid groups (broad SMARTS) is 2. The number of aromatic nitrogens is 1. The maximum Gasteiger partial charge on any atom is 0.490 e. The Labute approximate surface area is 239 Å². The third-order valence-electron chi connectivity index (χ3n) is 5.65. The van der Waals surface area contributed by atoms with Gasteiger partial charge in [-0.3, -0.25) is 9.78 Å². The number of amides is 1. The number of halogens is 7. The van der Waals surface area contributed by atoms with Crippen LogP contribution in [0.4, 0.5) is 26.3 Å². The monoisotopic (exact) mass is 623 g/mol. The topological polar surface area (TPSA) is 143 Å². The maximum absolute atomic E-state index is 12.7. The van der Waals surface area contributed by atoms with Crippen LogP contribution in [0.3, 0.4) is 0 Å². The highest BCUT2D eigenvalue weighted by molar-refractivity contribution is 6.30. The summed E-state index contributed by atoms with van der Waals surface area (Å²) in [6, 6.07) is 14.4. The van der Waals surface area contributed by atoms with Crippen molar-refractivity contribution in [2.24, 2.45) is 5.73 Å². The van der Waals surface area contributed by atoms with Gasteiger partial charge in [-0.1, -0.05) is 23.7 Å². The Morgan fingerprint density at radius 2 is 1.43 bits per heavy atom. The summed E-state index contributed by atoms with van der Waals surface area (Å²) < 4.78 is 69.6. The molecule has 9 nitrogen and oxygen atoms in total. The number of carboxylic acids is 2.